The Labute approximate surface area is 129 Å². The number of rotatable bonds is 7. The first-order chi connectivity index (χ1) is 10.2. The Kier molecular flexibility index (Phi) is 6.93. The van der Waals surface area contributed by atoms with Crippen LogP contribution in [-0.4, -0.2) is 87.2 Å². The molecule has 0 saturated carbocycles. The monoisotopic (exact) mass is 297 g/mol. The quantitative estimate of drug-likeness (QED) is 0.699. The van der Waals surface area contributed by atoms with Crippen LogP contribution >= 0.6 is 0 Å². The summed E-state index contributed by atoms with van der Waals surface area (Å²) in [6, 6.07) is 0. The van der Waals surface area contributed by atoms with E-state index in [1.54, 1.807) is 7.11 Å². The maximum atomic E-state index is 12.5. The molecule has 2 heterocycles. The summed E-state index contributed by atoms with van der Waals surface area (Å²) in [5.41, 5.74) is 0. The lowest BCUT2D eigenvalue weighted by atomic mass is 9.95. The Hall–Kier alpha value is -0.650. The minimum atomic E-state index is 0.229. The first-order valence-corrected chi connectivity index (χ1v) is 8.39. The number of piperidine rings is 1. The molecule has 2 aliphatic heterocycles. The zero-order valence-corrected chi connectivity index (χ0v) is 13.7. The number of amides is 1. The third-order valence-electron chi connectivity index (χ3n) is 4.88. The molecule has 21 heavy (non-hydrogen) atoms. The molecule has 0 N–H and O–H groups in total. The van der Waals surface area contributed by atoms with Gasteiger partial charge in [-0.25, -0.2) is 0 Å². The molecule has 0 spiro atoms. The highest BCUT2D eigenvalue weighted by Crippen LogP contribution is 2.19. The second-order valence-electron chi connectivity index (χ2n) is 6.42. The molecule has 0 aliphatic carbocycles. The van der Waals surface area contributed by atoms with Crippen molar-refractivity contribution in [2.45, 2.75) is 25.7 Å². The van der Waals surface area contributed by atoms with Gasteiger partial charge in [0.2, 0.25) is 5.91 Å². The lowest BCUT2D eigenvalue weighted by Crippen LogP contribution is -2.43. The molecule has 0 bridgehead atoms. The zero-order chi connectivity index (χ0) is 15.1. The number of carbonyl (C=O) groups is 1. The Morgan fingerprint density at radius 3 is 2.33 bits per heavy atom. The van der Waals surface area contributed by atoms with E-state index in [2.05, 4.69) is 9.80 Å². The molecule has 0 aromatic rings. The average molecular weight is 297 g/mol. The second kappa shape index (κ2) is 8.71. The molecule has 2 aliphatic rings. The fraction of sp³-hybridized carbons (Fsp3) is 0.938. The van der Waals surface area contributed by atoms with Crippen LogP contribution in [0.15, 0.2) is 0 Å². The molecule has 2 rings (SSSR count). The summed E-state index contributed by atoms with van der Waals surface area (Å²) >= 11 is 0. The Morgan fingerprint density at radius 1 is 1.10 bits per heavy atom. The Balaban J connectivity index is 1.65. The third-order valence-corrected chi connectivity index (χ3v) is 4.88. The standard InChI is InChI=1S/C16H31N3O2/c1-17(11-12-18-7-3-4-8-18)16(20)15-5-9-19(10-6-15)13-14-21-2/h15H,3-14H2,1-2H3. The summed E-state index contributed by atoms with van der Waals surface area (Å²) in [5.74, 6) is 0.577. The van der Waals surface area contributed by atoms with Crippen LogP contribution in [-0.2, 0) is 9.53 Å². The Morgan fingerprint density at radius 2 is 1.71 bits per heavy atom. The molecule has 1 amide bonds. The summed E-state index contributed by atoms with van der Waals surface area (Å²) in [6.07, 6.45) is 4.63. The molecule has 122 valence electrons. The van der Waals surface area contributed by atoms with E-state index in [0.717, 1.165) is 52.2 Å². The van der Waals surface area contributed by atoms with Gasteiger partial charge in [0.05, 0.1) is 6.61 Å². The molecule has 0 unspecified atom stereocenters. The molecule has 5 nitrogen and oxygen atoms in total. The highest BCUT2D eigenvalue weighted by Gasteiger charge is 2.27. The molecular formula is C16H31N3O2. The number of ether oxygens (including phenoxy) is 1. The molecular weight excluding hydrogens is 266 g/mol. The summed E-state index contributed by atoms with van der Waals surface area (Å²) in [4.78, 5) is 19.3. The van der Waals surface area contributed by atoms with Crippen molar-refractivity contribution in [2.75, 3.05) is 66.6 Å². The van der Waals surface area contributed by atoms with E-state index in [0.29, 0.717) is 5.91 Å². The first-order valence-electron chi connectivity index (χ1n) is 8.39. The zero-order valence-electron chi connectivity index (χ0n) is 13.7. The number of likely N-dealkylation sites (N-methyl/N-ethyl adjacent to an activating group) is 1. The second-order valence-corrected chi connectivity index (χ2v) is 6.42. The number of methoxy groups -OCH3 is 1. The lowest BCUT2D eigenvalue weighted by molar-refractivity contribution is -0.135. The van der Waals surface area contributed by atoms with E-state index in [-0.39, 0.29) is 5.92 Å². The van der Waals surface area contributed by atoms with E-state index in [1.165, 1.54) is 25.9 Å². The van der Waals surface area contributed by atoms with Crippen LogP contribution in [0, 0.1) is 5.92 Å². The van der Waals surface area contributed by atoms with Gasteiger partial charge in [0.15, 0.2) is 0 Å². The van der Waals surface area contributed by atoms with Crippen molar-refractivity contribution < 1.29 is 9.53 Å². The topological polar surface area (TPSA) is 36.0 Å². The fourth-order valence-corrected chi connectivity index (χ4v) is 3.34. The van der Waals surface area contributed by atoms with Crippen LogP contribution in [0.5, 0.6) is 0 Å². The lowest BCUT2D eigenvalue weighted by Gasteiger charge is -2.33. The smallest absolute Gasteiger partial charge is 0.225 e. The van der Waals surface area contributed by atoms with Crippen molar-refractivity contribution in [3.63, 3.8) is 0 Å². The highest BCUT2D eigenvalue weighted by molar-refractivity contribution is 5.78. The minimum Gasteiger partial charge on any atom is -0.383 e. The Bertz CT molecular complexity index is 311. The minimum absolute atomic E-state index is 0.229. The van der Waals surface area contributed by atoms with Gasteiger partial charge in [0.25, 0.3) is 0 Å². The van der Waals surface area contributed by atoms with E-state index >= 15 is 0 Å². The molecule has 0 radical (unpaired) electrons. The van der Waals surface area contributed by atoms with Crippen molar-refractivity contribution in [1.29, 1.82) is 0 Å². The molecule has 0 aromatic carbocycles. The van der Waals surface area contributed by atoms with Gasteiger partial charge >= 0.3 is 0 Å². The van der Waals surface area contributed by atoms with Crippen LogP contribution in [0.1, 0.15) is 25.7 Å². The van der Waals surface area contributed by atoms with Crippen LogP contribution in [0.3, 0.4) is 0 Å². The van der Waals surface area contributed by atoms with E-state index < -0.39 is 0 Å². The van der Waals surface area contributed by atoms with Gasteiger partial charge in [-0.05, 0) is 51.9 Å². The molecule has 5 heteroatoms. The predicted octanol–water partition coefficient (Wildman–Crippen LogP) is 0.899. The van der Waals surface area contributed by atoms with Crippen LogP contribution in [0.4, 0.5) is 0 Å². The fourth-order valence-electron chi connectivity index (χ4n) is 3.34. The number of likely N-dealkylation sites (tertiary alicyclic amines) is 2. The van der Waals surface area contributed by atoms with Crippen molar-refractivity contribution in [2.24, 2.45) is 5.92 Å². The van der Waals surface area contributed by atoms with E-state index in [1.807, 2.05) is 11.9 Å². The molecule has 2 saturated heterocycles. The van der Waals surface area contributed by atoms with Gasteiger partial charge in [-0.3, -0.25) is 4.79 Å². The molecule has 0 aromatic heterocycles. The van der Waals surface area contributed by atoms with Crippen LogP contribution in [0.2, 0.25) is 0 Å². The number of hydrogen-bond donors (Lipinski definition) is 0. The van der Waals surface area contributed by atoms with Crippen molar-refractivity contribution >= 4 is 5.91 Å². The number of hydrogen-bond acceptors (Lipinski definition) is 4. The highest BCUT2D eigenvalue weighted by atomic mass is 16.5. The van der Waals surface area contributed by atoms with Crippen molar-refractivity contribution in [1.82, 2.24) is 14.7 Å². The van der Waals surface area contributed by atoms with Gasteiger partial charge in [0.1, 0.15) is 0 Å². The van der Waals surface area contributed by atoms with Crippen molar-refractivity contribution in [3.05, 3.63) is 0 Å². The summed E-state index contributed by atoms with van der Waals surface area (Å²) in [6.45, 7) is 8.16. The maximum absolute atomic E-state index is 12.5. The SMILES string of the molecule is COCCN1CCC(C(=O)N(C)CCN2CCCC2)CC1. The van der Waals surface area contributed by atoms with Crippen LogP contribution in [0.25, 0.3) is 0 Å². The van der Waals surface area contributed by atoms with E-state index in [4.69, 9.17) is 4.74 Å². The largest absolute Gasteiger partial charge is 0.383 e. The number of nitrogens with zero attached hydrogens (tertiary/aromatic N) is 3. The van der Waals surface area contributed by atoms with Gasteiger partial charge in [-0.1, -0.05) is 0 Å². The average Bonchev–Trinajstić information content (AvgIpc) is 3.04. The van der Waals surface area contributed by atoms with Gasteiger partial charge in [-0.15, -0.1) is 0 Å². The summed E-state index contributed by atoms with van der Waals surface area (Å²) in [7, 11) is 3.71. The van der Waals surface area contributed by atoms with E-state index in [9.17, 15) is 4.79 Å². The molecule has 0 atom stereocenters. The van der Waals surface area contributed by atoms with Gasteiger partial charge in [0, 0.05) is 39.7 Å². The maximum Gasteiger partial charge on any atom is 0.225 e. The van der Waals surface area contributed by atoms with Gasteiger partial charge in [-0.2, -0.15) is 0 Å². The third kappa shape index (κ3) is 5.24. The van der Waals surface area contributed by atoms with Gasteiger partial charge < -0.3 is 19.4 Å². The predicted molar refractivity (Wildman–Crippen MR) is 84.4 cm³/mol. The normalized spacial score (nSPS) is 21.8. The van der Waals surface area contributed by atoms with Crippen LogP contribution < -0.4 is 0 Å². The van der Waals surface area contributed by atoms with Crippen molar-refractivity contribution in [3.8, 4) is 0 Å². The summed E-state index contributed by atoms with van der Waals surface area (Å²) in [5, 5.41) is 0. The number of carbonyl (C=O) groups excluding carboxylic acids is 1. The molecule has 2 fully saturated rings. The summed E-state index contributed by atoms with van der Waals surface area (Å²) < 4.78 is 5.12. The first kappa shape index (κ1) is 16.7.